The van der Waals surface area contributed by atoms with Gasteiger partial charge in [0.1, 0.15) is 11.9 Å². The molecule has 1 aromatic heterocycles. The second kappa shape index (κ2) is 11.4. The van der Waals surface area contributed by atoms with Crippen LogP contribution < -0.4 is 10.6 Å². The lowest BCUT2D eigenvalue weighted by molar-refractivity contribution is -0.138. The number of amides is 2. The van der Waals surface area contributed by atoms with Crippen molar-refractivity contribution in [3.63, 3.8) is 0 Å². The van der Waals surface area contributed by atoms with Crippen molar-refractivity contribution in [3.05, 3.63) is 23.4 Å². The minimum absolute atomic E-state index is 0.0367. The summed E-state index contributed by atoms with van der Waals surface area (Å²) in [4.78, 5) is 36.0. The van der Waals surface area contributed by atoms with Gasteiger partial charge in [0.05, 0.1) is 22.7 Å². The van der Waals surface area contributed by atoms with Crippen LogP contribution in [0.4, 0.5) is 27.8 Å². The average Bonchev–Trinajstić information content (AvgIpc) is 3.48. The molecule has 0 spiro atoms. The highest BCUT2D eigenvalue weighted by molar-refractivity contribution is 7.81. The van der Waals surface area contributed by atoms with Crippen LogP contribution >= 0.6 is 12.2 Å². The fraction of sp³-hybridized carbons (Fsp3) is 0.640. The van der Waals surface area contributed by atoms with Gasteiger partial charge in [0.25, 0.3) is 18.2 Å². The molecule has 3 fully saturated rings. The summed E-state index contributed by atoms with van der Waals surface area (Å²) in [7, 11) is 0. The number of nitrogens with zero attached hydrogens (tertiary/aromatic N) is 3. The molecule has 8 nitrogen and oxygen atoms in total. The van der Waals surface area contributed by atoms with Gasteiger partial charge in [-0.3, -0.25) is 14.6 Å². The Morgan fingerprint density at radius 3 is 2.26 bits per heavy atom. The molecule has 2 bridgehead atoms. The Balaban J connectivity index is 1.66. The monoisotopic (exact) mass is 575 g/mol. The van der Waals surface area contributed by atoms with E-state index in [0.29, 0.717) is 12.8 Å². The highest BCUT2D eigenvalue weighted by atomic mass is 32.1. The van der Waals surface area contributed by atoms with Crippen molar-refractivity contribution in [2.75, 3.05) is 5.32 Å². The summed E-state index contributed by atoms with van der Waals surface area (Å²) in [5, 5.41) is 14.5. The van der Waals surface area contributed by atoms with Crippen molar-refractivity contribution < 1.29 is 36.6 Å². The van der Waals surface area contributed by atoms with Crippen molar-refractivity contribution in [2.45, 2.75) is 101 Å². The Kier molecular flexibility index (Phi) is 8.55. The van der Waals surface area contributed by atoms with E-state index in [-0.39, 0.29) is 28.2 Å². The van der Waals surface area contributed by atoms with Gasteiger partial charge < -0.3 is 20.6 Å². The van der Waals surface area contributed by atoms with E-state index in [2.05, 4.69) is 20.6 Å². The van der Waals surface area contributed by atoms with E-state index < -0.39 is 60.0 Å². The van der Waals surface area contributed by atoms with E-state index in [1.54, 1.807) is 4.90 Å². The summed E-state index contributed by atoms with van der Waals surface area (Å²) in [6.45, 7) is 2.19. The van der Waals surface area contributed by atoms with Crippen LogP contribution in [0.5, 0.6) is 0 Å². The smallest absolute Gasteiger partial charge is 0.391 e. The number of hydrogen-bond donors (Lipinski definition) is 3. The standard InChI is InChI=1S/C25H30F5N5O3S/c1-11(23(37)34-17-7-8-18(17)36)32-20(24(38)35-13-3-4-14(35)6-5-13)21(39)16-10-31-19(9-15(16)22(26)27)33-12(2)25(28,29)30/h9-10,12-14,17-18,20,22,36H,3-8H2,1-2H3,(H,31,33)(H,34,37)/t12-,13?,14?,17?,18?,20?/m0/s1. The van der Waals surface area contributed by atoms with Gasteiger partial charge in [0.15, 0.2) is 6.04 Å². The maximum Gasteiger partial charge on any atom is 0.408 e. The molecule has 3 N–H and O–H groups in total. The molecular formula is C25H30F5N5O3S. The summed E-state index contributed by atoms with van der Waals surface area (Å²) in [6.07, 6.45) is -3.27. The number of hydrogen-bond acceptors (Lipinski definition) is 7. The molecule has 1 saturated carbocycles. The minimum Gasteiger partial charge on any atom is -0.391 e. The van der Waals surface area contributed by atoms with Gasteiger partial charge in [0.2, 0.25) is 0 Å². The Labute approximate surface area is 227 Å². The minimum atomic E-state index is -4.63. The number of thiocarbonyl (C=S) groups is 1. The Morgan fingerprint density at radius 2 is 1.77 bits per heavy atom. The second-order valence-corrected chi connectivity index (χ2v) is 10.7. The fourth-order valence-corrected chi connectivity index (χ4v) is 5.53. The highest BCUT2D eigenvalue weighted by Gasteiger charge is 2.45. The number of rotatable bonds is 9. The highest BCUT2D eigenvalue weighted by Crippen LogP contribution is 2.38. The van der Waals surface area contributed by atoms with Crippen LogP contribution in [0.15, 0.2) is 17.3 Å². The molecule has 3 unspecified atom stereocenters. The molecular weight excluding hydrogens is 545 g/mol. The van der Waals surface area contributed by atoms with Crippen molar-refractivity contribution in [2.24, 2.45) is 4.99 Å². The van der Waals surface area contributed by atoms with Gasteiger partial charge in [-0.15, -0.1) is 0 Å². The number of aliphatic hydroxyl groups is 1. The number of halogens is 5. The molecule has 39 heavy (non-hydrogen) atoms. The molecule has 2 saturated heterocycles. The zero-order chi connectivity index (χ0) is 28.6. The number of carbonyl (C=O) groups is 2. The molecule has 214 valence electrons. The molecule has 1 aliphatic carbocycles. The van der Waals surface area contributed by atoms with Crippen LogP contribution in [0.1, 0.15) is 69.9 Å². The summed E-state index contributed by atoms with van der Waals surface area (Å²) in [6, 6.07) is -3.29. The number of pyridine rings is 1. The number of fused-ring (bicyclic) bond motifs is 2. The van der Waals surface area contributed by atoms with Crippen LogP contribution in [0.25, 0.3) is 0 Å². The summed E-state index contributed by atoms with van der Waals surface area (Å²) in [5.74, 6) is -1.58. The third kappa shape index (κ3) is 6.21. The van der Waals surface area contributed by atoms with Gasteiger partial charge in [-0.1, -0.05) is 12.2 Å². The number of nitrogens with one attached hydrogen (secondary N) is 2. The predicted octanol–water partition coefficient (Wildman–Crippen LogP) is 3.72. The lowest BCUT2D eigenvalue weighted by Crippen LogP contribution is -2.52. The maximum absolute atomic E-state index is 14.1. The molecule has 0 radical (unpaired) electrons. The summed E-state index contributed by atoms with van der Waals surface area (Å²) < 4.78 is 67.1. The zero-order valence-electron chi connectivity index (χ0n) is 21.3. The lowest BCUT2D eigenvalue weighted by Gasteiger charge is -2.33. The van der Waals surface area contributed by atoms with E-state index in [1.165, 1.54) is 6.92 Å². The molecule has 3 heterocycles. The Morgan fingerprint density at radius 1 is 1.15 bits per heavy atom. The Bertz CT molecular complexity index is 1140. The van der Waals surface area contributed by atoms with Gasteiger partial charge in [-0.2, -0.15) is 13.2 Å². The van der Waals surface area contributed by atoms with Crippen molar-refractivity contribution in [1.29, 1.82) is 0 Å². The Hall–Kier alpha value is -2.74. The molecule has 4 rings (SSSR count). The molecule has 2 amide bonds. The number of aliphatic imine (C=N–C) groups is 1. The van der Waals surface area contributed by atoms with Crippen LogP contribution in [0, 0.1) is 0 Å². The van der Waals surface area contributed by atoms with Gasteiger partial charge in [-0.25, -0.2) is 13.8 Å². The van der Waals surface area contributed by atoms with Crippen LogP contribution in [-0.4, -0.2) is 79.9 Å². The average molecular weight is 576 g/mol. The van der Waals surface area contributed by atoms with Gasteiger partial charge in [0, 0.05) is 29.4 Å². The van der Waals surface area contributed by atoms with E-state index in [1.807, 2.05) is 0 Å². The van der Waals surface area contributed by atoms with E-state index >= 15 is 0 Å². The first-order valence-corrected chi connectivity index (χ1v) is 13.2. The van der Waals surface area contributed by atoms with E-state index in [0.717, 1.165) is 44.9 Å². The second-order valence-electron chi connectivity index (χ2n) is 10.3. The third-order valence-electron chi connectivity index (χ3n) is 7.69. The van der Waals surface area contributed by atoms with E-state index in [4.69, 9.17) is 12.2 Å². The summed E-state index contributed by atoms with van der Waals surface area (Å²) >= 11 is 5.49. The molecule has 4 atom stereocenters. The normalized spacial score (nSPS) is 26.3. The van der Waals surface area contributed by atoms with Crippen LogP contribution in [-0.2, 0) is 9.59 Å². The number of alkyl halides is 5. The SMILES string of the molecule is CC(=NC(C(=O)N1C2CCC1CC2)C(=S)c1cnc(N[C@@H](C)C(F)(F)F)cc1C(F)F)C(=O)NC1CCC1O. The fourth-order valence-electron chi connectivity index (χ4n) is 5.20. The predicted molar refractivity (Wildman–Crippen MR) is 137 cm³/mol. The van der Waals surface area contributed by atoms with Crippen LogP contribution in [0.2, 0.25) is 0 Å². The van der Waals surface area contributed by atoms with Gasteiger partial charge in [-0.05, 0) is 58.4 Å². The molecule has 2 aliphatic heterocycles. The number of aliphatic hydroxyl groups excluding tert-OH is 1. The molecule has 0 aromatic carbocycles. The summed E-state index contributed by atoms with van der Waals surface area (Å²) in [5.41, 5.74) is -1.13. The van der Waals surface area contributed by atoms with Crippen LogP contribution in [0.3, 0.4) is 0 Å². The maximum atomic E-state index is 14.1. The molecule has 14 heteroatoms. The first kappa shape index (κ1) is 29.2. The quantitative estimate of drug-likeness (QED) is 0.179. The van der Waals surface area contributed by atoms with Gasteiger partial charge >= 0.3 is 6.18 Å². The van der Waals surface area contributed by atoms with Crippen molar-refractivity contribution in [1.82, 2.24) is 15.2 Å². The van der Waals surface area contributed by atoms with Crippen molar-refractivity contribution in [3.8, 4) is 0 Å². The van der Waals surface area contributed by atoms with Crippen molar-refractivity contribution >= 4 is 40.4 Å². The third-order valence-corrected chi connectivity index (χ3v) is 8.13. The zero-order valence-corrected chi connectivity index (χ0v) is 22.2. The number of anilines is 1. The topological polar surface area (TPSA) is 107 Å². The van der Waals surface area contributed by atoms with E-state index in [9.17, 15) is 36.6 Å². The number of carbonyl (C=O) groups excluding carboxylic acids is 2. The molecule has 3 aliphatic rings. The largest absolute Gasteiger partial charge is 0.408 e. The first-order valence-electron chi connectivity index (χ1n) is 12.8. The number of aromatic nitrogens is 1. The lowest BCUT2D eigenvalue weighted by atomic mass is 9.89. The first-order chi connectivity index (χ1) is 18.3. The molecule has 1 aromatic rings.